The second-order valence-electron chi connectivity index (χ2n) is 10.7. The van der Waals surface area contributed by atoms with Crippen molar-refractivity contribution in [3.63, 3.8) is 0 Å². The zero-order valence-corrected chi connectivity index (χ0v) is 22.7. The molecule has 1 aliphatic heterocycles. The number of amides is 1. The molecule has 196 valence electrons. The van der Waals surface area contributed by atoms with Gasteiger partial charge in [0.15, 0.2) is 6.23 Å². The van der Waals surface area contributed by atoms with E-state index >= 15 is 0 Å². The second kappa shape index (κ2) is 10.7. The molecular formula is C36H35NO2. The number of carbonyl (C=O) groups is 1. The van der Waals surface area contributed by atoms with Crippen molar-refractivity contribution in [1.29, 1.82) is 0 Å². The molecule has 2 unspecified atom stereocenters. The average molecular weight is 514 g/mol. The molecule has 0 radical (unpaired) electrons. The first kappa shape index (κ1) is 25.3. The fourth-order valence-corrected chi connectivity index (χ4v) is 6.24. The van der Waals surface area contributed by atoms with Crippen LogP contribution >= 0.6 is 0 Å². The van der Waals surface area contributed by atoms with Crippen molar-refractivity contribution in [2.24, 2.45) is 0 Å². The van der Waals surface area contributed by atoms with Crippen LogP contribution in [0, 0.1) is 0 Å². The molecule has 0 fully saturated rings. The van der Waals surface area contributed by atoms with Crippen LogP contribution in [-0.4, -0.2) is 22.0 Å². The number of unbranched alkanes of at least 4 members (excludes halogenated alkanes) is 2. The molecule has 6 rings (SSSR count). The summed E-state index contributed by atoms with van der Waals surface area (Å²) in [4.78, 5) is 15.5. The Labute approximate surface area is 230 Å². The van der Waals surface area contributed by atoms with Crippen molar-refractivity contribution < 1.29 is 9.90 Å². The van der Waals surface area contributed by atoms with Gasteiger partial charge in [0, 0.05) is 22.6 Å². The third-order valence-electron chi connectivity index (χ3n) is 8.34. The molecule has 0 saturated carbocycles. The molecule has 1 amide bonds. The highest BCUT2D eigenvalue weighted by molar-refractivity contribution is 6.14. The maximum Gasteiger partial charge on any atom is 0.257 e. The van der Waals surface area contributed by atoms with Crippen LogP contribution in [0.3, 0.4) is 0 Å². The van der Waals surface area contributed by atoms with Crippen LogP contribution in [-0.2, 0) is 0 Å². The van der Waals surface area contributed by atoms with Crippen LogP contribution in [0.1, 0.15) is 68.1 Å². The number of hydrogen-bond donors (Lipinski definition) is 1. The van der Waals surface area contributed by atoms with Crippen molar-refractivity contribution in [2.75, 3.05) is 0 Å². The average Bonchev–Trinajstić information content (AvgIpc) is 2.98. The Hall–Kier alpha value is -3.95. The minimum atomic E-state index is -0.927. The van der Waals surface area contributed by atoms with Crippen LogP contribution in [0.25, 0.3) is 43.8 Å². The highest BCUT2D eigenvalue weighted by atomic mass is 16.3. The summed E-state index contributed by atoms with van der Waals surface area (Å²) in [5, 5.41) is 15.7. The van der Waals surface area contributed by atoms with Gasteiger partial charge in [-0.2, -0.15) is 0 Å². The molecule has 1 aliphatic rings. The fraction of sp³-hybridized carbons (Fsp3) is 0.250. The first-order chi connectivity index (χ1) is 19.1. The van der Waals surface area contributed by atoms with Gasteiger partial charge in [-0.05, 0) is 69.5 Å². The Morgan fingerprint density at radius 2 is 1.46 bits per heavy atom. The van der Waals surface area contributed by atoms with Crippen molar-refractivity contribution >= 4 is 27.5 Å². The Morgan fingerprint density at radius 1 is 0.744 bits per heavy atom. The lowest BCUT2D eigenvalue weighted by Crippen LogP contribution is -2.45. The predicted molar refractivity (Wildman–Crippen MR) is 162 cm³/mol. The number of carbonyl (C=O) groups excluding carboxylic acids is 1. The Bertz CT molecular complexity index is 1660. The number of fused-ring (bicyclic) bond motifs is 1. The SMILES string of the molecule is CCCCCC(CC)N1C(=O)c2ccc(-c3ccc4cc(-c5ccccc5)ccc4c3)c3cccc(c23)C1O. The van der Waals surface area contributed by atoms with Crippen molar-refractivity contribution in [2.45, 2.75) is 58.2 Å². The van der Waals surface area contributed by atoms with Crippen LogP contribution in [0.2, 0.25) is 0 Å². The van der Waals surface area contributed by atoms with Crippen LogP contribution in [0.15, 0.2) is 97.1 Å². The highest BCUT2D eigenvalue weighted by Crippen LogP contribution is 2.42. The predicted octanol–water partition coefficient (Wildman–Crippen LogP) is 9.13. The lowest BCUT2D eigenvalue weighted by Gasteiger charge is -2.39. The zero-order chi connectivity index (χ0) is 26.9. The smallest absolute Gasteiger partial charge is 0.257 e. The number of aliphatic hydroxyl groups excluding tert-OH is 1. The van der Waals surface area contributed by atoms with E-state index in [0.29, 0.717) is 5.56 Å². The number of benzene rings is 5. The van der Waals surface area contributed by atoms with Gasteiger partial charge < -0.3 is 10.0 Å². The third kappa shape index (κ3) is 4.51. The zero-order valence-electron chi connectivity index (χ0n) is 22.7. The summed E-state index contributed by atoms with van der Waals surface area (Å²) in [6, 6.07) is 33.7. The monoisotopic (exact) mass is 513 g/mol. The van der Waals surface area contributed by atoms with Gasteiger partial charge in [0.2, 0.25) is 0 Å². The van der Waals surface area contributed by atoms with E-state index in [0.717, 1.165) is 59.6 Å². The summed E-state index contributed by atoms with van der Waals surface area (Å²) in [6.07, 6.45) is 4.17. The van der Waals surface area contributed by atoms with E-state index in [4.69, 9.17) is 0 Å². The van der Waals surface area contributed by atoms with Gasteiger partial charge in [0.05, 0.1) is 0 Å². The Kier molecular flexibility index (Phi) is 6.93. The molecular weight excluding hydrogens is 478 g/mol. The number of rotatable bonds is 8. The van der Waals surface area contributed by atoms with E-state index in [1.807, 2.05) is 24.3 Å². The van der Waals surface area contributed by atoms with Crippen molar-refractivity contribution in [1.82, 2.24) is 4.90 Å². The number of aliphatic hydroxyl groups is 1. The molecule has 1 heterocycles. The summed E-state index contributed by atoms with van der Waals surface area (Å²) in [6.45, 7) is 4.30. The first-order valence-electron chi connectivity index (χ1n) is 14.3. The van der Waals surface area contributed by atoms with Gasteiger partial charge in [0.25, 0.3) is 5.91 Å². The maximum absolute atomic E-state index is 13.8. The summed E-state index contributed by atoms with van der Waals surface area (Å²) < 4.78 is 0. The second-order valence-corrected chi connectivity index (χ2v) is 10.7. The molecule has 0 aromatic heterocycles. The minimum absolute atomic E-state index is 0.0309. The molecule has 3 nitrogen and oxygen atoms in total. The van der Waals surface area contributed by atoms with Gasteiger partial charge in [-0.25, -0.2) is 0 Å². The molecule has 5 aromatic carbocycles. The van der Waals surface area contributed by atoms with Crippen LogP contribution in [0.4, 0.5) is 0 Å². The topological polar surface area (TPSA) is 40.5 Å². The molecule has 39 heavy (non-hydrogen) atoms. The van der Waals surface area contributed by atoms with E-state index in [9.17, 15) is 9.90 Å². The van der Waals surface area contributed by atoms with E-state index < -0.39 is 6.23 Å². The molecule has 0 aliphatic carbocycles. The highest BCUT2D eigenvalue weighted by Gasteiger charge is 2.36. The number of hydrogen-bond acceptors (Lipinski definition) is 2. The molecule has 5 aromatic rings. The number of nitrogens with zero attached hydrogens (tertiary/aromatic N) is 1. The lowest BCUT2D eigenvalue weighted by molar-refractivity contribution is -0.0186. The quantitative estimate of drug-likeness (QED) is 0.210. The Balaban J connectivity index is 1.40. The molecule has 0 spiro atoms. The van der Waals surface area contributed by atoms with E-state index in [2.05, 4.69) is 86.6 Å². The fourth-order valence-electron chi connectivity index (χ4n) is 6.24. The summed E-state index contributed by atoms with van der Waals surface area (Å²) in [5.74, 6) is -0.0620. The lowest BCUT2D eigenvalue weighted by atomic mass is 9.87. The van der Waals surface area contributed by atoms with Gasteiger partial charge >= 0.3 is 0 Å². The molecule has 0 saturated heterocycles. The van der Waals surface area contributed by atoms with Crippen molar-refractivity contribution in [3.05, 3.63) is 108 Å². The van der Waals surface area contributed by atoms with Gasteiger partial charge in [-0.3, -0.25) is 4.79 Å². The minimum Gasteiger partial charge on any atom is -0.369 e. The van der Waals surface area contributed by atoms with Crippen molar-refractivity contribution in [3.8, 4) is 22.3 Å². The summed E-state index contributed by atoms with van der Waals surface area (Å²) in [5.41, 5.74) is 6.11. The first-order valence-corrected chi connectivity index (χ1v) is 14.3. The normalized spacial score (nSPS) is 15.7. The van der Waals surface area contributed by atoms with Gasteiger partial charge in [-0.15, -0.1) is 0 Å². The van der Waals surface area contributed by atoms with Gasteiger partial charge in [0.1, 0.15) is 0 Å². The summed E-state index contributed by atoms with van der Waals surface area (Å²) in [7, 11) is 0. The molecule has 2 atom stereocenters. The Morgan fingerprint density at radius 3 is 2.21 bits per heavy atom. The largest absolute Gasteiger partial charge is 0.369 e. The molecule has 3 heteroatoms. The maximum atomic E-state index is 13.8. The van der Waals surface area contributed by atoms with Crippen LogP contribution < -0.4 is 0 Å². The van der Waals surface area contributed by atoms with E-state index in [1.54, 1.807) is 4.90 Å². The third-order valence-corrected chi connectivity index (χ3v) is 8.34. The van der Waals surface area contributed by atoms with E-state index in [-0.39, 0.29) is 11.9 Å². The summed E-state index contributed by atoms with van der Waals surface area (Å²) >= 11 is 0. The van der Waals surface area contributed by atoms with E-state index in [1.165, 1.54) is 21.9 Å². The molecule has 1 N–H and O–H groups in total. The van der Waals surface area contributed by atoms with Crippen LogP contribution in [0.5, 0.6) is 0 Å². The molecule has 0 bridgehead atoms. The standard InChI is InChI=1S/C36H35NO2/c1-3-5-7-13-29(4-2)37-35(38)32-15-10-14-31-30(20-21-33(34(31)32)36(37)39)28-19-18-26-22-25(16-17-27(26)23-28)24-11-8-6-9-12-24/h6,8-12,14-23,29,35,38H,3-5,7,13H2,1-2H3. The van der Waals surface area contributed by atoms with Gasteiger partial charge in [-0.1, -0.05) is 112 Å².